The lowest BCUT2D eigenvalue weighted by atomic mass is 9.85. The van der Waals surface area contributed by atoms with Crippen LogP contribution in [0.2, 0.25) is 0 Å². The van der Waals surface area contributed by atoms with E-state index in [1.54, 1.807) is 6.21 Å². The van der Waals surface area contributed by atoms with E-state index in [0.717, 1.165) is 23.1 Å². The van der Waals surface area contributed by atoms with Gasteiger partial charge in [-0.05, 0) is 41.2 Å². The van der Waals surface area contributed by atoms with E-state index in [4.69, 9.17) is 5.73 Å². The number of ketones is 1. The van der Waals surface area contributed by atoms with Gasteiger partial charge in [0.15, 0.2) is 5.78 Å². The third-order valence-corrected chi connectivity index (χ3v) is 5.15. The van der Waals surface area contributed by atoms with E-state index in [1.807, 2.05) is 18.2 Å². The van der Waals surface area contributed by atoms with Gasteiger partial charge in [0, 0.05) is 6.54 Å². The lowest BCUT2D eigenvalue weighted by molar-refractivity contribution is -0.131. The molecule has 1 aromatic carbocycles. The molecule has 124 valence electrons. The molecule has 1 amide bonds. The second kappa shape index (κ2) is 5.90. The maximum Gasteiger partial charge on any atom is 0.224 e. The average Bonchev–Trinajstić information content (AvgIpc) is 3.21. The Kier molecular flexibility index (Phi) is 3.72. The Hall–Kier alpha value is -2.41. The molecule has 24 heavy (non-hydrogen) atoms. The summed E-state index contributed by atoms with van der Waals surface area (Å²) in [7, 11) is 0. The number of carbonyl (C=O) groups excluding carboxylic acids is 2. The molecule has 3 N–H and O–H groups in total. The third kappa shape index (κ3) is 2.45. The Morgan fingerprint density at radius 2 is 2.17 bits per heavy atom. The van der Waals surface area contributed by atoms with Crippen LogP contribution in [0.4, 0.5) is 0 Å². The molecule has 1 heterocycles. The van der Waals surface area contributed by atoms with Crippen LogP contribution < -0.4 is 11.1 Å². The molecule has 3 aliphatic rings. The molecule has 0 radical (unpaired) electrons. The van der Waals surface area contributed by atoms with E-state index in [2.05, 4.69) is 20.8 Å². The highest BCUT2D eigenvalue weighted by molar-refractivity contribution is 5.98. The van der Waals surface area contributed by atoms with Crippen molar-refractivity contribution in [2.24, 2.45) is 27.1 Å². The fourth-order valence-corrected chi connectivity index (χ4v) is 3.95. The van der Waals surface area contributed by atoms with Gasteiger partial charge in [-0.15, -0.1) is 5.10 Å². The molecule has 2 unspecified atom stereocenters. The molecule has 0 aromatic heterocycles. The van der Waals surface area contributed by atoms with Crippen molar-refractivity contribution in [1.29, 1.82) is 0 Å². The summed E-state index contributed by atoms with van der Waals surface area (Å²) in [5.74, 6) is -0.957. The number of carbonyl (C=O) groups is 2. The maximum atomic E-state index is 12.8. The summed E-state index contributed by atoms with van der Waals surface area (Å²) in [5.41, 5.74) is 9.35. The fraction of sp³-hybridized carbons (Fsp3) is 0.471. The first-order valence-corrected chi connectivity index (χ1v) is 8.26. The van der Waals surface area contributed by atoms with Crippen molar-refractivity contribution in [1.82, 2.24) is 5.32 Å². The van der Waals surface area contributed by atoms with E-state index in [0.29, 0.717) is 19.4 Å². The van der Waals surface area contributed by atoms with Crippen LogP contribution in [-0.4, -0.2) is 36.5 Å². The number of nitrogens with zero attached hydrogens (tertiary/aromatic N) is 3. The van der Waals surface area contributed by atoms with Crippen molar-refractivity contribution in [2.75, 3.05) is 6.54 Å². The van der Waals surface area contributed by atoms with E-state index in [-0.39, 0.29) is 17.7 Å². The van der Waals surface area contributed by atoms with Gasteiger partial charge in [0.05, 0.1) is 24.1 Å². The Morgan fingerprint density at radius 3 is 2.96 bits per heavy atom. The van der Waals surface area contributed by atoms with Crippen LogP contribution in [0.3, 0.4) is 0 Å². The number of hydrogen-bond donors (Lipinski definition) is 2. The normalized spacial score (nSPS) is 30.3. The van der Waals surface area contributed by atoms with Gasteiger partial charge in [0.1, 0.15) is 6.04 Å². The van der Waals surface area contributed by atoms with Crippen LogP contribution in [0.1, 0.15) is 29.0 Å². The Morgan fingerprint density at radius 1 is 1.33 bits per heavy atom. The van der Waals surface area contributed by atoms with Crippen LogP contribution in [0.15, 0.2) is 33.6 Å². The van der Waals surface area contributed by atoms with Crippen molar-refractivity contribution < 1.29 is 9.59 Å². The highest BCUT2D eigenvalue weighted by atomic mass is 16.2. The minimum atomic E-state index is -0.501. The zero-order valence-electron chi connectivity index (χ0n) is 13.2. The number of hydrogen-bond acceptors (Lipinski definition) is 6. The number of rotatable bonds is 3. The molecule has 4 rings (SSSR count). The minimum Gasteiger partial charge on any atom is -0.353 e. The molecule has 0 spiro atoms. The topological polar surface area (TPSA) is 109 Å². The molecule has 7 nitrogen and oxygen atoms in total. The molecule has 0 saturated heterocycles. The molecule has 4 atom stereocenters. The fourth-order valence-electron chi connectivity index (χ4n) is 3.95. The Bertz CT molecular complexity index is 745. The van der Waals surface area contributed by atoms with Crippen molar-refractivity contribution in [3.8, 4) is 0 Å². The first kappa shape index (κ1) is 15.1. The predicted molar refractivity (Wildman–Crippen MR) is 87.8 cm³/mol. The van der Waals surface area contributed by atoms with Gasteiger partial charge in [-0.3, -0.25) is 9.59 Å². The highest BCUT2D eigenvalue weighted by Gasteiger charge is 2.45. The summed E-state index contributed by atoms with van der Waals surface area (Å²) in [4.78, 5) is 25.5. The number of amides is 1. The van der Waals surface area contributed by atoms with Crippen LogP contribution in [-0.2, 0) is 22.4 Å². The van der Waals surface area contributed by atoms with Crippen molar-refractivity contribution in [3.63, 3.8) is 0 Å². The monoisotopic (exact) mass is 325 g/mol. The first-order valence-electron chi connectivity index (χ1n) is 8.26. The van der Waals surface area contributed by atoms with Crippen LogP contribution in [0.25, 0.3) is 0 Å². The van der Waals surface area contributed by atoms with Crippen LogP contribution in [0, 0.1) is 5.92 Å². The molecule has 0 saturated carbocycles. The number of Topliss-reactive ketones (excluding diaryl/α,β-unsaturated/α-hetero) is 1. The molecule has 2 aliphatic carbocycles. The number of benzene rings is 1. The quantitative estimate of drug-likeness (QED) is 0.854. The van der Waals surface area contributed by atoms with Crippen molar-refractivity contribution >= 4 is 17.9 Å². The molecular formula is C17H19N5O2. The van der Waals surface area contributed by atoms with Gasteiger partial charge < -0.3 is 11.1 Å². The molecule has 0 fully saturated rings. The second-order valence-corrected chi connectivity index (χ2v) is 6.61. The van der Waals surface area contributed by atoms with Gasteiger partial charge in [-0.2, -0.15) is 5.11 Å². The average molecular weight is 325 g/mol. The number of nitrogens with two attached hydrogens (primary N) is 1. The molecule has 1 aromatic rings. The molecular weight excluding hydrogens is 306 g/mol. The van der Waals surface area contributed by atoms with E-state index in [1.165, 1.54) is 0 Å². The molecule has 1 aliphatic heterocycles. The number of nitrogens with one attached hydrogen (secondary N) is 1. The minimum absolute atomic E-state index is 0.0130. The predicted octanol–water partition coefficient (Wildman–Crippen LogP) is 0.722. The summed E-state index contributed by atoms with van der Waals surface area (Å²) < 4.78 is 0. The van der Waals surface area contributed by atoms with Gasteiger partial charge in [-0.1, -0.05) is 18.2 Å². The summed E-state index contributed by atoms with van der Waals surface area (Å²) in [6.45, 7) is 0.346. The SMILES string of the molecule is N[C@H]1CCc2cccc3c2C(C1=O)[C@H](C(=O)NCC1C=NN=N1)C3. The Balaban J connectivity index is 1.59. The van der Waals surface area contributed by atoms with Gasteiger partial charge in [0.25, 0.3) is 0 Å². The molecule has 0 bridgehead atoms. The summed E-state index contributed by atoms with van der Waals surface area (Å²) in [6, 6.07) is 5.34. The van der Waals surface area contributed by atoms with Crippen molar-refractivity contribution in [3.05, 3.63) is 34.9 Å². The zero-order valence-corrected chi connectivity index (χ0v) is 13.2. The largest absolute Gasteiger partial charge is 0.353 e. The maximum absolute atomic E-state index is 12.8. The highest BCUT2D eigenvalue weighted by Crippen LogP contribution is 2.43. The van der Waals surface area contributed by atoms with Crippen molar-refractivity contribution in [2.45, 2.75) is 37.3 Å². The summed E-state index contributed by atoms with van der Waals surface area (Å²) in [5, 5.41) is 14.0. The summed E-state index contributed by atoms with van der Waals surface area (Å²) in [6.07, 6.45) is 3.60. The molecule has 7 heteroatoms. The Labute approximate surface area is 139 Å². The zero-order chi connectivity index (χ0) is 16.7. The smallest absolute Gasteiger partial charge is 0.224 e. The van der Waals surface area contributed by atoms with Gasteiger partial charge in [-0.25, -0.2) is 0 Å². The number of aryl methyl sites for hydroxylation is 1. The lowest BCUT2D eigenvalue weighted by Crippen LogP contribution is -2.42. The standard InChI is InChI=1S/C17H19N5O2/c18-13-5-4-9-2-1-3-10-6-12(15(14(9)10)16(13)23)17(24)19-7-11-8-20-22-21-11/h1-3,8,11-13,15H,4-7,18H2,(H,19,24)/t11?,12-,13+,15?/m1/s1. The van der Waals surface area contributed by atoms with Gasteiger partial charge >= 0.3 is 0 Å². The van der Waals surface area contributed by atoms with Crippen LogP contribution >= 0.6 is 0 Å². The first-order chi connectivity index (χ1) is 11.6. The second-order valence-electron chi connectivity index (χ2n) is 6.61. The van der Waals surface area contributed by atoms with E-state index < -0.39 is 17.9 Å². The lowest BCUT2D eigenvalue weighted by Gasteiger charge is -2.20. The summed E-state index contributed by atoms with van der Waals surface area (Å²) >= 11 is 0. The van der Waals surface area contributed by atoms with E-state index >= 15 is 0 Å². The van der Waals surface area contributed by atoms with Gasteiger partial charge in [0.2, 0.25) is 5.91 Å². The third-order valence-electron chi connectivity index (χ3n) is 5.15. The van der Waals surface area contributed by atoms with E-state index in [9.17, 15) is 9.59 Å². The van der Waals surface area contributed by atoms with Crippen LogP contribution in [0.5, 0.6) is 0 Å².